The molecule has 1 heterocycles. The summed E-state index contributed by atoms with van der Waals surface area (Å²) in [7, 11) is 0. The topological polar surface area (TPSA) is 38.9 Å². The van der Waals surface area contributed by atoms with E-state index >= 15 is 0 Å². The van der Waals surface area contributed by atoms with E-state index in [0.717, 1.165) is 26.5 Å². The SMILES string of the molecule is Cc1cc(N)ccc1-c1nc2cc(F)ccc2s1. The number of nitrogens with two attached hydrogens (primary N) is 1. The molecule has 0 aliphatic heterocycles. The molecule has 2 nitrogen and oxygen atoms in total. The Balaban J connectivity index is 2.19. The van der Waals surface area contributed by atoms with Gasteiger partial charge in [-0.15, -0.1) is 11.3 Å². The van der Waals surface area contributed by atoms with Crippen molar-refractivity contribution >= 4 is 27.2 Å². The Hall–Kier alpha value is -1.94. The molecule has 0 aliphatic carbocycles. The van der Waals surface area contributed by atoms with Crippen LogP contribution in [0.5, 0.6) is 0 Å². The third-order valence-corrected chi connectivity index (χ3v) is 3.90. The van der Waals surface area contributed by atoms with Crippen LogP contribution in [0.15, 0.2) is 36.4 Å². The first-order chi connectivity index (χ1) is 8.63. The van der Waals surface area contributed by atoms with E-state index in [1.165, 1.54) is 12.1 Å². The average molecular weight is 258 g/mol. The minimum Gasteiger partial charge on any atom is -0.399 e. The highest BCUT2D eigenvalue weighted by Gasteiger charge is 2.09. The van der Waals surface area contributed by atoms with Crippen LogP contribution < -0.4 is 5.73 Å². The summed E-state index contributed by atoms with van der Waals surface area (Å²) >= 11 is 1.56. The van der Waals surface area contributed by atoms with Crippen molar-refractivity contribution < 1.29 is 4.39 Å². The molecule has 2 N–H and O–H groups in total. The van der Waals surface area contributed by atoms with Crippen LogP contribution in [0.2, 0.25) is 0 Å². The number of rotatable bonds is 1. The Labute approximate surface area is 108 Å². The number of hydrogen-bond donors (Lipinski definition) is 1. The maximum absolute atomic E-state index is 13.1. The van der Waals surface area contributed by atoms with Gasteiger partial charge in [-0.05, 0) is 42.8 Å². The van der Waals surface area contributed by atoms with Crippen LogP contribution in [0.1, 0.15) is 5.56 Å². The highest BCUT2D eigenvalue weighted by Crippen LogP contribution is 2.32. The Morgan fingerprint density at radius 1 is 1.17 bits per heavy atom. The van der Waals surface area contributed by atoms with E-state index in [9.17, 15) is 4.39 Å². The molecule has 0 radical (unpaired) electrons. The molecular formula is C14H11FN2S. The first kappa shape index (κ1) is 11.2. The molecule has 0 spiro atoms. The van der Waals surface area contributed by atoms with Crippen molar-refractivity contribution in [1.82, 2.24) is 4.98 Å². The van der Waals surface area contributed by atoms with Crippen molar-refractivity contribution in [2.75, 3.05) is 5.73 Å². The summed E-state index contributed by atoms with van der Waals surface area (Å²) < 4.78 is 14.1. The van der Waals surface area contributed by atoms with Crippen molar-refractivity contribution in [3.05, 3.63) is 47.8 Å². The van der Waals surface area contributed by atoms with Crippen LogP contribution in [0, 0.1) is 12.7 Å². The van der Waals surface area contributed by atoms with Gasteiger partial charge in [0.25, 0.3) is 0 Å². The average Bonchev–Trinajstić information content (AvgIpc) is 2.71. The van der Waals surface area contributed by atoms with Crippen LogP contribution in [0.25, 0.3) is 20.8 Å². The molecule has 0 atom stereocenters. The Morgan fingerprint density at radius 3 is 2.78 bits per heavy atom. The van der Waals surface area contributed by atoms with Gasteiger partial charge in [-0.3, -0.25) is 0 Å². The highest BCUT2D eigenvalue weighted by atomic mass is 32.1. The quantitative estimate of drug-likeness (QED) is 0.670. The molecular weight excluding hydrogens is 247 g/mol. The number of benzene rings is 2. The fourth-order valence-electron chi connectivity index (χ4n) is 1.94. The van der Waals surface area contributed by atoms with Crippen LogP contribution in [-0.4, -0.2) is 4.98 Å². The van der Waals surface area contributed by atoms with Gasteiger partial charge in [-0.2, -0.15) is 0 Å². The van der Waals surface area contributed by atoms with Gasteiger partial charge in [0, 0.05) is 17.3 Å². The first-order valence-corrected chi connectivity index (χ1v) is 6.38. The molecule has 3 rings (SSSR count). The normalized spacial score (nSPS) is 11.0. The molecule has 0 unspecified atom stereocenters. The smallest absolute Gasteiger partial charge is 0.125 e. The predicted octanol–water partition coefficient (Wildman–Crippen LogP) is 3.99. The summed E-state index contributed by atoms with van der Waals surface area (Å²) in [4.78, 5) is 4.47. The molecule has 18 heavy (non-hydrogen) atoms. The lowest BCUT2D eigenvalue weighted by Gasteiger charge is -2.02. The maximum Gasteiger partial charge on any atom is 0.125 e. The lowest BCUT2D eigenvalue weighted by atomic mass is 10.1. The Bertz CT molecular complexity index is 734. The number of nitrogens with zero attached hydrogens (tertiary/aromatic N) is 1. The maximum atomic E-state index is 13.1. The van der Waals surface area contributed by atoms with E-state index in [1.54, 1.807) is 17.4 Å². The number of nitrogen functional groups attached to an aromatic ring is 1. The van der Waals surface area contributed by atoms with Gasteiger partial charge in [0.2, 0.25) is 0 Å². The summed E-state index contributed by atoms with van der Waals surface area (Å²) in [6.45, 7) is 2.00. The van der Waals surface area contributed by atoms with Gasteiger partial charge in [0.1, 0.15) is 10.8 Å². The van der Waals surface area contributed by atoms with Crippen LogP contribution >= 0.6 is 11.3 Å². The molecule has 0 saturated carbocycles. The second-order valence-corrected chi connectivity index (χ2v) is 5.24. The summed E-state index contributed by atoms with van der Waals surface area (Å²) in [5.41, 5.74) is 9.30. The Morgan fingerprint density at radius 2 is 2.00 bits per heavy atom. The third kappa shape index (κ3) is 1.84. The van der Waals surface area contributed by atoms with Gasteiger partial charge in [0.15, 0.2) is 0 Å². The number of halogens is 1. The molecule has 0 fully saturated rings. The van der Waals surface area contributed by atoms with Crippen molar-refractivity contribution in [2.24, 2.45) is 0 Å². The van der Waals surface area contributed by atoms with Gasteiger partial charge >= 0.3 is 0 Å². The molecule has 0 bridgehead atoms. The van der Waals surface area contributed by atoms with Crippen molar-refractivity contribution in [3.8, 4) is 10.6 Å². The number of fused-ring (bicyclic) bond motifs is 1. The molecule has 1 aromatic heterocycles. The van der Waals surface area contributed by atoms with Gasteiger partial charge in [0.05, 0.1) is 10.2 Å². The molecule has 4 heteroatoms. The molecule has 2 aromatic carbocycles. The number of aromatic nitrogens is 1. The van der Waals surface area contributed by atoms with E-state index in [1.807, 2.05) is 25.1 Å². The second-order valence-electron chi connectivity index (χ2n) is 4.21. The minimum absolute atomic E-state index is 0.256. The van der Waals surface area contributed by atoms with E-state index < -0.39 is 0 Å². The number of aryl methyl sites for hydroxylation is 1. The van der Waals surface area contributed by atoms with Crippen molar-refractivity contribution in [2.45, 2.75) is 6.92 Å². The number of anilines is 1. The predicted molar refractivity (Wildman–Crippen MR) is 74.2 cm³/mol. The molecule has 90 valence electrons. The van der Waals surface area contributed by atoms with E-state index in [0.29, 0.717) is 5.52 Å². The molecule has 0 saturated heterocycles. The zero-order valence-corrected chi connectivity index (χ0v) is 10.6. The zero-order valence-electron chi connectivity index (χ0n) is 9.77. The molecule has 3 aromatic rings. The summed E-state index contributed by atoms with van der Waals surface area (Å²) in [6, 6.07) is 10.4. The fourth-order valence-corrected chi connectivity index (χ4v) is 2.98. The van der Waals surface area contributed by atoms with Gasteiger partial charge in [-0.1, -0.05) is 0 Å². The van der Waals surface area contributed by atoms with E-state index in [-0.39, 0.29) is 5.82 Å². The minimum atomic E-state index is -0.256. The Kier molecular flexibility index (Phi) is 2.52. The van der Waals surface area contributed by atoms with Gasteiger partial charge < -0.3 is 5.73 Å². The van der Waals surface area contributed by atoms with Crippen LogP contribution in [0.4, 0.5) is 10.1 Å². The summed E-state index contributed by atoms with van der Waals surface area (Å²) in [6.07, 6.45) is 0. The number of thiazole rings is 1. The molecule has 0 aliphatic rings. The van der Waals surface area contributed by atoms with Crippen molar-refractivity contribution in [1.29, 1.82) is 0 Å². The lowest BCUT2D eigenvalue weighted by molar-refractivity contribution is 0.629. The van der Waals surface area contributed by atoms with E-state index in [2.05, 4.69) is 4.98 Å². The standard InChI is InChI=1S/C14H11FN2S/c1-8-6-10(16)3-4-11(8)14-17-12-7-9(15)2-5-13(12)18-14/h2-7H,16H2,1H3. The van der Waals surface area contributed by atoms with Crippen molar-refractivity contribution in [3.63, 3.8) is 0 Å². The second kappa shape index (κ2) is 4.07. The summed E-state index contributed by atoms with van der Waals surface area (Å²) in [5.74, 6) is -0.256. The van der Waals surface area contributed by atoms with Gasteiger partial charge in [-0.25, -0.2) is 9.37 Å². The third-order valence-electron chi connectivity index (χ3n) is 2.83. The number of hydrogen-bond acceptors (Lipinski definition) is 3. The van der Waals surface area contributed by atoms with Crippen LogP contribution in [-0.2, 0) is 0 Å². The fraction of sp³-hybridized carbons (Fsp3) is 0.0714. The first-order valence-electron chi connectivity index (χ1n) is 5.56. The van der Waals surface area contributed by atoms with Crippen LogP contribution in [0.3, 0.4) is 0 Å². The monoisotopic (exact) mass is 258 g/mol. The van der Waals surface area contributed by atoms with E-state index in [4.69, 9.17) is 5.73 Å². The lowest BCUT2D eigenvalue weighted by Crippen LogP contribution is -1.87. The zero-order chi connectivity index (χ0) is 12.7. The largest absolute Gasteiger partial charge is 0.399 e. The summed E-state index contributed by atoms with van der Waals surface area (Å²) in [5, 5.41) is 0.896. The highest BCUT2D eigenvalue weighted by molar-refractivity contribution is 7.21. The molecule has 0 amide bonds.